The summed E-state index contributed by atoms with van der Waals surface area (Å²) in [6.45, 7) is 10.8. The van der Waals surface area contributed by atoms with Crippen LogP contribution in [-0.2, 0) is 17.4 Å². The first-order valence-corrected chi connectivity index (χ1v) is 8.17. The first-order valence-electron chi connectivity index (χ1n) is 8.17. The summed E-state index contributed by atoms with van der Waals surface area (Å²) < 4.78 is 38.5. The lowest BCUT2D eigenvalue weighted by molar-refractivity contribution is -0.142. The second kappa shape index (κ2) is 6.07. The molecule has 0 saturated heterocycles. The van der Waals surface area contributed by atoms with Gasteiger partial charge in [-0.3, -0.25) is 4.68 Å². The van der Waals surface area contributed by atoms with Gasteiger partial charge in [0, 0.05) is 22.9 Å². The van der Waals surface area contributed by atoms with Gasteiger partial charge in [0.1, 0.15) is 12.3 Å². The topological polar surface area (TPSA) is 38.0 Å². The molecule has 0 saturated carbocycles. The van der Waals surface area contributed by atoms with E-state index in [1.54, 1.807) is 6.07 Å². The molecule has 25 heavy (non-hydrogen) atoms. The molecule has 2 aromatic rings. The Balaban J connectivity index is 2.59. The molecule has 0 aliphatic carbocycles. The SMILES string of the molecule is CC(C)(C)c1cc(-c2ccn(CC(F)(F)F)n2)cc(C(C)(C)C)c1O. The van der Waals surface area contributed by atoms with Crippen LogP contribution < -0.4 is 0 Å². The molecule has 1 aromatic heterocycles. The number of alkyl halides is 3. The molecule has 0 bridgehead atoms. The van der Waals surface area contributed by atoms with Gasteiger partial charge in [0.25, 0.3) is 0 Å². The van der Waals surface area contributed by atoms with Crippen LogP contribution in [0.4, 0.5) is 13.2 Å². The number of nitrogens with zero attached hydrogens (tertiary/aromatic N) is 2. The summed E-state index contributed by atoms with van der Waals surface area (Å²) in [7, 11) is 0. The maximum atomic E-state index is 12.6. The number of hydrogen-bond acceptors (Lipinski definition) is 2. The van der Waals surface area contributed by atoms with E-state index in [2.05, 4.69) is 5.10 Å². The highest BCUT2D eigenvalue weighted by atomic mass is 19.4. The van der Waals surface area contributed by atoms with E-state index in [4.69, 9.17) is 0 Å². The normalized spacial score (nSPS) is 13.3. The minimum Gasteiger partial charge on any atom is -0.507 e. The van der Waals surface area contributed by atoms with E-state index < -0.39 is 12.7 Å². The lowest BCUT2D eigenvalue weighted by Crippen LogP contribution is -2.18. The average molecular weight is 354 g/mol. The molecule has 1 aromatic carbocycles. The van der Waals surface area contributed by atoms with Crippen LogP contribution >= 0.6 is 0 Å². The van der Waals surface area contributed by atoms with Crippen molar-refractivity contribution in [3.05, 3.63) is 35.5 Å². The second-order valence-electron chi connectivity index (χ2n) is 8.43. The standard InChI is InChI=1S/C19H25F3N2O/c1-17(2,3)13-9-12(10-14(16(13)25)18(4,5)6)15-7-8-24(23-15)11-19(20,21)22/h7-10,25H,11H2,1-6H3. The molecule has 0 aliphatic rings. The second-order valence-corrected chi connectivity index (χ2v) is 8.43. The Morgan fingerprint density at radius 1 is 0.960 bits per heavy atom. The largest absolute Gasteiger partial charge is 0.507 e. The van der Waals surface area contributed by atoms with Crippen LogP contribution in [0.25, 0.3) is 11.3 Å². The molecular formula is C19H25F3N2O. The number of rotatable bonds is 2. The fourth-order valence-electron chi connectivity index (χ4n) is 2.71. The summed E-state index contributed by atoms with van der Waals surface area (Å²) >= 11 is 0. The van der Waals surface area contributed by atoms with Gasteiger partial charge in [0.15, 0.2) is 0 Å². The fraction of sp³-hybridized carbons (Fsp3) is 0.526. The number of hydrogen-bond donors (Lipinski definition) is 1. The minimum absolute atomic E-state index is 0.235. The summed E-state index contributed by atoms with van der Waals surface area (Å²) in [6.07, 6.45) is -2.99. The van der Waals surface area contributed by atoms with Crippen LogP contribution in [0.15, 0.2) is 24.4 Å². The Kier molecular flexibility index (Phi) is 4.70. The number of aromatic hydroxyl groups is 1. The van der Waals surface area contributed by atoms with Gasteiger partial charge >= 0.3 is 6.18 Å². The van der Waals surface area contributed by atoms with E-state index in [0.717, 1.165) is 15.8 Å². The van der Waals surface area contributed by atoms with Crippen molar-refractivity contribution in [2.45, 2.75) is 65.1 Å². The van der Waals surface area contributed by atoms with Crippen LogP contribution in [0.5, 0.6) is 5.75 Å². The maximum absolute atomic E-state index is 12.6. The first kappa shape index (κ1) is 19.3. The van der Waals surface area contributed by atoms with Gasteiger partial charge in [-0.2, -0.15) is 18.3 Å². The minimum atomic E-state index is -4.31. The fourth-order valence-corrected chi connectivity index (χ4v) is 2.71. The Labute approximate surface area is 146 Å². The van der Waals surface area contributed by atoms with Gasteiger partial charge in [-0.1, -0.05) is 41.5 Å². The zero-order valence-corrected chi connectivity index (χ0v) is 15.5. The molecule has 0 aliphatic heterocycles. The third-order valence-electron chi connectivity index (χ3n) is 4.00. The lowest BCUT2D eigenvalue weighted by atomic mass is 9.78. The highest BCUT2D eigenvalue weighted by Crippen LogP contribution is 2.41. The van der Waals surface area contributed by atoms with Crippen molar-refractivity contribution < 1.29 is 18.3 Å². The van der Waals surface area contributed by atoms with Crippen LogP contribution in [0, 0.1) is 0 Å². The maximum Gasteiger partial charge on any atom is 0.408 e. The summed E-state index contributed by atoms with van der Waals surface area (Å²) in [4.78, 5) is 0. The molecule has 1 heterocycles. The van der Waals surface area contributed by atoms with E-state index in [0.29, 0.717) is 11.3 Å². The van der Waals surface area contributed by atoms with Gasteiger partial charge in [-0.15, -0.1) is 0 Å². The Morgan fingerprint density at radius 3 is 1.84 bits per heavy atom. The predicted molar refractivity (Wildman–Crippen MR) is 92.8 cm³/mol. The number of phenols is 1. The van der Waals surface area contributed by atoms with Crippen molar-refractivity contribution in [2.24, 2.45) is 0 Å². The molecule has 0 spiro atoms. The highest BCUT2D eigenvalue weighted by molar-refractivity contribution is 5.66. The van der Waals surface area contributed by atoms with Gasteiger partial charge in [0.2, 0.25) is 0 Å². The number of phenolic OH excluding ortho intramolecular Hbond substituents is 1. The molecule has 0 unspecified atom stereocenters. The van der Waals surface area contributed by atoms with Crippen molar-refractivity contribution in [2.75, 3.05) is 0 Å². The van der Waals surface area contributed by atoms with E-state index in [-0.39, 0.29) is 16.6 Å². The zero-order chi connectivity index (χ0) is 19.2. The number of benzene rings is 1. The van der Waals surface area contributed by atoms with Crippen LogP contribution in [0.1, 0.15) is 52.7 Å². The number of halogens is 3. The first-order chi connectivity index (χ1) is 11.2. The molecule has 3 nitrogen and oxygen atoms in total. The molecule has 138 valence electrons. The molecule has 0 amide bonds. The monoisotopic (exact) mass is 354 g/mol. The third-order valence-corrected chi connectivity index (χ3v) is 4.00. The van der Waals surface area contributed by atoms with Gasteiger partial charge in [-0.05, 0) is 29.0 Å². The highest BCUT2D eigenvalue weighted by Gasteiger charge is 2.29. The summed E-state index contributed by atoms with van der Waals surface area (Å²) in [5, 5.41) is 14.8. The summed E-state index contributed by atoms with van der Waals surface area (Å²) in [5.41, 5.74) is 2.04. The predicted octanol–water partition coefficient (Wildman–Crippen LogP) is 5.41. The smallest absolute Gasteiger partial charge is 0.408 e. The molecule has 0 radical (unpaired) electrons. The molecule has 1 N–H and O–H groups in total. The van der Waals surface area contributed by atoms with Crippen molar-refractivity contribution in [3.63, 3.8) is 0 Å². The Hall–Kier alpha value is -1.98. The third kappa shape index (κ3) is 4.55. The van der Waals surface area contributed by atoms with Gasteiger partial charge in [-0.25, -0.2) is 0 Å². The summed E-state index contributed by atoms with van der Waals surface area (Å²) in [5.74, 6) is 0.235. The summed E-state index contributed by atoms with van der Waals surface area (Å²) in [6, 6.07) is 5.19. The van der Waals surface area contributed by atoms with E-state index >= 15 is 0 Å². The molecule has 2 rings (SSSR count). The molecular weight excluding hydrogens is 329 g/mol. The van der Waals surface area contributed by atoms with Crippen LogP contribution in [0.3, 0.4) is 0 Å². The molecule has 0 fully saturated rings. The van der Waals surface area contributed by atoms with Crippen LogP contribution in [0.2, 0.25) is 0 Å². The Morgan fingerprint density at radius 2 is 1.44 bits per heavy atom. The quantitative estimate of drug-likeness (QED) is 0.783. The van der Waals surface area contributed by atoms with E-state index in [1.807, 2.05) is 53.7 Å². The van der Waals surface area contributed by atoms with Crippen molar-refractivity contribution in [1.82, 2.24) is 9.78 Å². The number of aromatic nitrogens is 2. The molecule has 6 heteroatoms. The van der Waals surface area contributed by atoms with E-state index in [9.17, 15) is 18.3 Å². The lowest BCUT2D eigenvalue weighted by Gasteiger charge is -2.28. The van der Waals surface area contributed by atoms with Crippen molar-refractivity contribution >= 4 is 0 Å². The van der Waals surface area contributed by atoms with Crippen LogP contribution in [-0.4, -0.2) is 21.1 Å². The Bertz CT molecular complexity index is 727. The van der Waals surface area contributed by atoms with E-state index in [1.165, 1.54) is 6.20 Å². The van der Waals surface area contributed by atoms with Crippen molar-refractivity contribution in [1.29, 1.82) is 0 Å². The average Bonchev–Trinajstić information content (AvgIpc) is 2.82. The zero-order valence-electron chi connectivity index (χ0n) is 15.5. The molecule has 0 atom stereocenters. The van der Waals surface area contributed by atoms with Gasteiger partial charge in [0.05, 0.1) is 5.69 Å². The van der Waals surface area contributed by atoms with Gasteiger partial charge < -0.3 is 5.11 Å². The van der Waals surface area contributed by atoms with Crippen molar-refractivity contribution in [3.8, 4) is 17.0 Å².